The highest BCUT2D eigenvalue weighted by Gasteiger charge is 2.34. The average molecular weight is 487 g/mol. The average Bonchev–Trinajstić information content (AvgIpc) is 3.30. The Hall–Kier alpha value is -1.09. The fraction of sp³-hybridized carbons (Fsp3) is 0.579. The second-order valence-electron chi connectivity index (χ2n) is 6.81. The second-order valence-corrected chi connectivity index (χ2v) is 7.76. The van der Waals surface area contributed by atoms with E-state index in [0.717, 1.165) is 24.7 Å². The quantitative estimate of drug-likeness (QED) is 0.367. The first-order chi connectivity index (χ1) is 12.2. The van der Waals surface area contributed by atoms with Gasteiger partial charge in [-0.25, -0.2) is 4.99 Å². The summed E-state index contributed by atoms with van der Waals surface area (Å²) in [5.74, 6) is 0.894. The third kappa shape index (κ3) is 5.22. The first-order valence-electron chi connectivity index (χ1n) is 9.26. The van der Waals surface area contributed by atoms with Crippen molar-refractivity contribution in [2.24, 2.45) is 12.0 Å². The minimum atomic E-state index is 0. The molecule has 1 saturated carbocycles. The number of aliphatic imine (C=N–C) groups is 1. The van der Waals surface area contributed by atoms with Crippen molar-refractivity contribution in [1.29, 1.82) is 0 Å². The molecule has 2 aromatic rings. The predicted molar refractivity (Wildman–Crippen MR) is 121 cm³/mol. The van der Waals surface area contributed by atoms with E-state index in [-0.39, 0.29) is 29.4 Å². The summed E-state index contributed by atoms with van der Waals surface area (Å²) in [6, 6.07) is 6.50. The summed E-state index contributed by atoms with van der Waals surface area (Å²) in [7, 11) is 1.96. The lowest BCUT2D eigenvalue weighted by molar-refractivity contribution is 0.296. The summed E-state index contributed by atoms with van der Waals surface area (Å²) in [5.41, 5.74) is 1.37. The van der Waals surface area contributed by atoms with Gasteiger partial charge in [0.1, 0.15) is 0 Å². The molecule has 0 aromatic carbocycles. The zero-order valence-electron chi connectivity index (χ0n) is 15.7. The van der Waals surface area contributed by atoms with Gasteiger partial charge in [0.05, 0.1) is 12.2 Å². The van der Waals surface area contributed by atoms with Gasteiger partial charge in [-0.2, -0.15) is 5.10 Å². The van der Waals surface area contributed by atoms with Gasteiger partial charge in [-0.05, 0) is 37.3 Å². The molecule has 2 heterocycles. The van der Waals surface area contributed by atoms with E-state index in [1.165, 1.54) is 37.0 Å². The topological polar surface area (TPSA) is 54.2 Å². The largest absolute Gasteiger partial charge is 0.357 e. The molecule has 1 fully saturated rings. The first-order valence-corrected chi connectivity index (χ1v) is 10.1. The molecule has 1 aliphatic rings. The molecule has 0 saturated heterocycles. The summed E-state index contributed by atoms with van der Waals surface area (Å²) in [6.07, 6.45) is 8.36. The van der Waals surface area contributed by atoms with E-state index in [2.05, 4.69) is 40.2 Å². The number of nitrogens with zero attached hydrogens (tertiary/aromatic N) is 3. The smallest absolute Gasteiger partial charge is 0.191 e. The molecule has 3 rings (SSSR count). The molecule has 1 aliphatic carbocycles. The van der Waals surface area contributed by atoms with Gasteiger partial charge in [0, 0.05) is 36.6 Å². The Kier molecular flexibility index (Phi) is 8.40. The highest BCUT2D eigenvalue weighted by Crippen LogP contribution is 2.41. The van der Waals surface area contributed by atoms with Crippen LogP contribution in [0.3, 0.4) is 0 Å². The van der Waals surface area contributed by atoms with E-state index >= 15 is 0 Å². The Morgan fingerprint density at radius 2 is 2.08 bits per heavy atom. The maximum atomic E-state index is 4.75. The van der Waals surface area contributed by atoms with E-state index in [0.29, 0.717) is 6.54 Å². The summed E-state index contributed by atoms with van der Waals surface area (Å²) < 4.78 is 1.88. The molecule has 0 aliphatic heterocycles. The van der Waals surface area contributed by atoms with E-state index in [1.54, 1.807) is 0 Å². The zero-order valence-corrected chi connectivity index (χ0v) is 18.8. The van der Waals surface area contributed by atoms with Crippen LogP contribution in [0.1, 0.15) is 49.6 Å². The van der Waals surface area contributed by atoms with Crippen molar-refractivity contribution in [1.82, 2.24) is 20.4 Å². The van der Waals surface area contributed by atoms with E-state index < -0.39 is 0 Å². The number of hydrogen-bond acceptors (Lipinski definition) is 3. The van der Waals surface area contributed by atoms with Crippen LogP contribution in [0.2, 0.25) is 0 Å². The highest BCUT2D eigenvalue weighted by molar-refractivity contribution is 14.0. The van der Waals surface area contributed by atoms with Crippen molar-refractivity contribution in [2.45, 2.75) is 51.0 Å². The van der Waals surface area contributed by atoms with Crippen molar-refractivity contribution in [2.75, 3.05) is 13.1 Å². The van der Waals surface area contributed by atoms with Gasteiger partial charge < -0.3 is 10.6 Å². The Morgan fingerprint density at radius 1 is 1.27 bits per heavy atom. The van der Waals surface area contributed by atoms with Gasteiger partial charge in [-0.15, -0.1) is 35.3 Å². The van der Waals surface area contributed by atoms with Crippen LogP contribution in [-0.4, -0.2) is 28.8 Å². The maximum absolute atomic E-state index is 4.75. The van der Waals surface area contributed by atoms with Crippen LogP contribution < -0.4 is 10.6 Å². The summed E-state index contributed by atoms with van der Waals surface area (Å²) in [6.45, 7) is 4.56. The monoisotopic (exact) mass is 487 g/mol. The Labute approximate surface area is 177 Å². The minimum Gasteiger partial charge on any atom is -0.357 e. The van der Waals surface area contributed by atoms with Gasteiger partial charge in [-0.3, -0.25) is 4.68 Å². The van der Waals surface area contributed by atoms with Crippen LogP contribution in [-0.2, 0) is 19.0 Å². The van der Waals surface area contributed by atoms with Gasteiger partial charge in [0.15, 0.2) is 5.96 Å². The first kappa shape index (κ1) is 21.2. The molecule has 0 amide bonds. The van der Waals surface area contributed by atoms with E-state index in [9.17, 15) is 0 Å². The fourth-order valence-corrected chi connectivity index (χ4v) is 4.62. The molecule has 0 radical (unpaired) electrons. The number of halogens is 1. The number of aryl methyl sites for hydroxylation is 1. The molecule has 5 nitrogen and oxygen atoms in total. The van der Waals surface area contributed by atoms with Gasteiger partial charge >= 0.3 is 0 Å². The number of aromatic nitrogens is 2. The van der Waals surface area contributed by atoms with Gasteiger partial charge in [0.2, 0.25) is 0 Å². The fourth-order valence-electron chi connectivity index (χ4n) is 3.63. The third-order valence-corrected chi connectivity index (χ3v) is 6.23. The molecule has 0 spiro atoms. The lowest BCUT2D eigenvalue weighted by Gasteiger charge is -2.37. The molecule has 0 unspecified atom stereocenters. The number of thiophene rings is 1. The lowest BCUT2D eigenvalue weighted by Crippen LogP contribution is -2.46. The number of hydrogen-bond donors (Lipinski definition) is 2. The van der Waals surface area contributed by atoms with Crippen molar-refractivity contribution in [3.05, 3.63) is 40.3 Å². The van der Waals surface area contributed by atoms with Crippen molar-refractivity contribution < 1.29 is 0 Å². The maximum Gasteiger partial charge on any atom is 0.191 e. The van der Waals surface area contributed by atoms with Crippen molar-refractivity contribution >= 4 is 41.3 Å². The SMILES string of the molecule is CCNC(=NCc1ccnn1C)NCC1(c2cccs2)CCCCC1.I. The highest BCUT2D eigenvalue weighted by atomic mass is 127. The number of nitrogens with one attached hydrogen (secondary N) is 2. The summed E-state index contributed by atoms with van der Waals surface area (Å²) in [5, 5.41) is 13.4. The molecule has 0 atom stereocenters. The molecule has 0 bridgehead atoms. The molecule has 26 heavy (non-hydrogen) atoms. The Morgan fingerprint density at radius 3 is 2.69 bits per heavy atom. The van der Waals surface area contributed by atoms with Crippen LogP contribution >= 0.6 is 35.3 Å². The minimum absolute atomic E-state index is 0. The van der Waals surface area contributed by atoms with Crippen LogP contribution in [0.4, 0.5) is 0 Å². The molecule has 2 N–H and O–H groups in total. The molecule has 2 aromatic heterocycles. The van der Waals surface area contributed by atoms with Crippen molar-refractivity contribution in [3.63, 3.8) is 0 Å². The third-order valence-electron chi connectivity index (χ3n) is 5.11. The lowest BCUT2D eigenvalue weighted by atomic mass is 9.73. The molecular weight excluding hydrogens is 457 g/mol. The van der Waals surface area contributed by atoms with Crippen LogP contribution in [0.5, 0.6) is 0 Å². The number of guanidine groups is 1. The summed E-state index contributed by atoms with van der Waals surface area (Å²) in [4.78, 5) is 6.27. The normalized spacial score (nSPS) is 16.8. The van der Waals surface area contributed by atoms with Crippen LogP contribution in [0.15, 0.2) is 34.8 Å². The van der Waals surface area contributed by atoms with E-state index in [4.69, 9.17) is 4.99 Å². The van der Waals surface area contributed by atoms with Gasteiger partial charge in [0.25, 0.3) is 0 Å². The summed E-state index contributed by atoms with van der Waals surface area (Å²) >= 11 is 1.89. The zero-order chi connectivity index (χ0) is 17.5. The Balaban J connectivity index is 0.00000243. The van der Waals surface area contributed by atoms with E-state index in [1.807, 2.05) is 35.3 Å². The second kappa shape index (κ2) is 10.3. The molecule has 144 valence electrons. The van der Waals surface area contributed by atoms with Crippen molar-refractivity contribution in [3.8, 4) is 0 Å². The predicted octanol–water partition coefficient (Wildman–Crippen LogP) is 4.06. The molecule has 7 heteroatoms. The standard InChI is InChI=1S/C19H29N5S.HI/c1-3-20-18(21-14-16-9-12-23-24(16)2)22-15-19(10-5-4-6-11-19)17-8-7-13-25-17;/h7-9,12-13H,3-6,10-11,14-15H2,1-2H3,(H2,20,21,22);1H. The molecular formula is C19H30IN5S. The van der Waals surface area contributed by atoms with Crippen LogP contribution in [0, 0.1) is 0 Å². The van der Waals surface area contributed by atoms with Gasteiger partial charge in [-0.1, -0.05) is 25.3 Å². The Bertz CT molecular complexity index is 674. The van der Waals surface area contributed by atoms with Crippen LogP contribution in [0.25, 0.3) is 0 Å². The number of rotatable bonds is 6.